The number of aromatic nitrogens is 1. The minimum absolute atomic E-state index is 0.0469. The van der Waals surface area contributed by atoms with Gasteiger partial charge in [0.25, 0.3) is 0 Å². The van der Waals surface area contributed by atoms with Crippen LogP contribution in [0.15, 0.2) is 4.52 Å². The fraction of sp³-hybridized carbons (Fsp3) is 0.667. The molecular weight excluding hydrogens is 254 g/mol. The summed E-state index contributed by atoms with van der Waals surface area (Å²) in [5.74, 6) is 0.0192. The van der Waals surface area contributed by atoms with E-state index < -0.39 is 5.92 Å². The van der Waals surface area contributed by atoms with Crippen molar-refractivity contribution < 1.29 is 9.32 Å². The first-order chi connectivity index (χ1) is 9.63. The summed E-state index contributed by atoms with van der Waals surface area (Å²) in [5.41, 5.74) is 1.66. The van der Waals surface area contributed by atoms with Gasteiger partial charge in [0.1, 0.15) is 11.7 Å². The molecule has 1 aromatic heterocycles. The number of carbonyl (C=O) groups is 1. The smallest absolute Gasteiger partial charge is 0.240 e. The number of aryl methyl sites for hydroxylation is 2. The molecule has 0 bridgehead atoms. The highest BCUT2D eigenvalue weighted by atomic mass is 16.5. The Hall–Kier alpha value is -1.83. The lowest BCUT2D eigenvalue weighted by Crippen LogP contribution is -2.37. The molecule has 1 aliphatic rings. The highest BCUT2D eigenvalue weighted by Crippen LogP contribution is 2.20. The number of hydrogen-bond donors (Lipinski definition) is 0. The Labute approximate surface area is 119 Å². The van der Waals surface area contributed by atoms with Crippen LogP contribution in [-0.4, -0.2) is 29.1 Å². The molecule has 5 heteroatoms. The maximum Gasteiger partial charge on any atom is 0.240 e. The van der Waals surface area contributed by atoms with E-state index in [0.717, 1.165) is 37.2 Å². The monoisotopic (exact) mass is 275 g/mol. The maximum atomic E-state index is 12.5. The molecule has 2 heterocycles. The van der Waals surface area contributed by atoms with Crippen molar-refractivity contribution in [1.29, 1.82) is 5.26 Å². The van der Waals surface area contributed by atoms with Gasteiger partial charge in [-0.25, -0.2) is 0 Å². The molecule has 20 heavy (non-hydrogen) atoms. The van der Waals surface area contributed by atoms with Crippen molar-refractivity contribution in [2.24, 2.45) is 5.92 Å². The molecule has 108 valence electrons. The summed E-state index contributed by atoms with van der Waals surface area (Å²) in [6.45, 7) is 5.22. The lowest BCUT2D eigenvalue weighted by molar-refractivity contribution is -0.133. The van der Waals surface area contributed by atoms with Crippen LogP contribution in [-0.2, 0) is 11.2 Å². The Morgan fingerprint density at radius 1 is 1.35 bits per heavy atom. The summed E-state index contributed by atoms with van der Waals surface area (Å²) >= 11 is 0. The maximum absolute atomic E-state index is 12.5. The van der Waals surface area contributed by atoms with E-state index in [0.29, 0.717) is 12.2 Å². The average Bonchev–Trinajstić information content (AvgIpc) is 2.67. The van der Waals surface area contributed by atoms with E-state index in [9.17, 15) is 10.1 Å². The van der Waals surface area contributed by atoms with Crippen molar-refractivity contribution in [2.45, 2.75) is 46.0 Å². The Balaban J connectivity index is 2.08. The molecular formula is C15H21N3O2. The molecule has 0 radical (unpaired) electrons. The van der Waals surface area contributed by atoms with Crippen molar-refractivity contribution >= 4 is 5.91 Å². The van der Waals surface area contributed by atoms with Gasteiger partial charge in [0.15, 0.2) is 0 Å². The second-order valence-corrected chi connectivity index (χ2v) is 5.43. The molecule has 1 saturated heterocycles. The van der Waals surface area contributed by atoms with Gasteiger partial charge in [-0.1, -0.05) is 18.0 Å². The molecule has 1 unspecified atom stereocenters. The minimum atomic E-state index is -0.634. The van der Waals surface area contributed by atoms with Gasteiger partial charge >= 0.3 is 0 Å². The minimum Gasteiger partial charge on any atom is -0.361 e. The van der Waals surface area contributed by atoms with Gasteiger partial charge in [0.2, 0.25) is 5.91 Å². The van der Waals surface area contributed by atoms with Crippen molar-refractivity contribution in [3.05, 3.63) is 17.0 Å². The van der Waals surface area contributed by atoms with Crippen LogP contribution in [0.2, 0.25) is 0 Å². The largest absolute Gasteiger partial charge is 0.361 e. The number of carbonyl (C=O) groups excluding carboxylic acids is 1. The summed E-state index contributed by atoms with van der Waals surface area (Å²) in [7, 11) is 0. The molecule has 1 amide bonds. The number of hydrogen-bond acceptors (Lipinski definition) is 4. The van der Waals surface area contributed by atoms with Gasteiger partial charge in [0, 0.05) is 25.1 Å². The predicted octanol–water partition coefficient (Wildman–Crippen LogP) is 2.38. The molecule has 0 aromatic carbocycles. The van der Waals surface area contributed by atoms with Crippen molar-refractivity contribution in [2.75, 3.05) is 13.1 Å². The number of amides is 1. The summed E-state index contributed by atoms with van der Waals surface area (Å²) < 4.78 is 5.10. The fourth-order valence-electron chi connectivity index (χ4n) is 2.70. The Bertz CT molecular complexity index is 488. The topological polar surface area (TPSA) is 70.1 Å². The van der Waals surface area contributed by atoms with E-state index in [1.807, 2.05) is 18.7 Å². The van der Waals surface area contributed by atoms with Crippen LogP contribution in [0, 0.1) is 31.1 Å². The van der Waals surface area contributed by atoms with Gasteiger partial charge in [-0.05, 0) is 26.7 Å². The third-order valence-electron chi connectivity index (χ3n) is 3.96. The molecule has 0 N–H and O–H groups in total. The lowest BCUT2D eigenvalue weighted by atomic mass is 9.98. The van der Waals surface area contributed by atoms with Gasteiger partial charge in [-0.3, -0.25) is 4.79 Å². The normalized spacial score (nSPS) is 17.4. The summed E-state index contributed by atoms with van der Waals surface area (Å²) in [5, 5.41) is 13.2. The first kappa shape index (κ1) is 14.6. The van der Waals surface area contributed by atoms with E-state index in [1.54, 1.807) is 0 Å². The molecule has 1 atom stereocenters. The quantitative estimate of drug-likeness (QED) is 0.849. The Morgan fingerprint density at radius 3 is 2.50 bits per heavy atom. The SMILES string of the molecule is Cc1noc(C)c1CC(C#N)C(=O)N1CCCCCC1. The van der Waals surface area contributed by atoms with E-state index in [2.05, 4.69) is 11.2 Å². The van der Waals surface area contributed by atoms with Crippen LogP contribution >= 0.6 is 0 Å². The van der Waals surface area contributed by atoms with Gasteiger partial charge < -0.3 is 9.42 Å². The summed E-state index contributed by atoms with van der Waals surface area (Å²) in [6, 6.07) is 2.15. The highest BCUT2D eigenvalue weighted by molar-refractivity contribution is 5.81. The molecule has 0 aliphatic carbocycles. The second kappa shape index (κ2) is 6.56. The Morgan fingerprint density at radius 2 is 2.00 bits per heavy atom. The van der Waals surface area contributed by atoms with E-state index in [-0.39, 0.29) is 5.91 Å². The molecule has 1 fully saturated rings. The molecule has 1 aliphatic heterocycles. The number of rotatable bonds is 3. The number of nitriles is 1. The van der Waals surface area contributed by atoms with Gasteiger partial charge in [-0.2, -0.15) is 5.26 Å². The molecule has 1 aromatic rings. The van der Waals surface area contributed by atoms with Crippen LogP contribution in [0.25, 0.3) is 0 Å². The zero-order valence-corrected chi connectivity index (χ0v) is 12.2. The summed E-state index contributed by atoms with van der Waals surface area (Å²) in [6.07, 6.45) is 4.81. The van der Waals surface area contributed by atoms with Crippen LogP contribution in [0.1, 0.15) is 42.7 Å². The fourth-order valence-corrected chi connectivity index (χ4v) is 2.70. The Kier molecular flexibility index (Phi) is 4.78. The van der Waals surface area contributed by atoms with Gasteiger partial charge in [0.05, 0.1) is 11.8 Å². The third-order valence-corrected chi connectivity index (χ3v) is 3.96. The average molecular weight is 275 g/mol. The lowest BCUT2D eigenvalue weighted by Gasteiger charge is -2.22. The zero-order chi connectivity index (χ0) is 14.5. The highest BCUT2D eigenvalue weighted by Gasteiger charge is 2.27. The molecule has 2 rings (SSSR count). The van der Waals surface area contributed by atoms with Crippen LogP contribution in [0.5, 0.6) is 0 Å². The van der Waals surface area contributed by atoms with Crippen LogP contribution in [0.4, 0.5) is 0 Å². The predicted molar refractivity (Wildman–Crippen MR) is 73.8 cm³/mol. The van der Waals surface area contributed by atoms with E-state index in [1.165, 1.54) is 12.8 Å². The molecule has 0 spiro atoms. The summed E-state index contributed by atoms with van der Waals surface area (Å²) in [4.78, 5) is 14.3. The van der Waals surface area contributed by atoms with E-state index in [4.69, 9.17) is 4.52 Å². The first-order valence-corrected chi connectivity index (χ1v) is 7.23. The zero-order valence-electron chi connectivity index (χ0n) is 12.2. The van der Waals surface area contributed by atoms with Crippen molar-refractivity contribution in [1.82, 2.24) is 10.1 Å². The molecule has 5 nitrogen and oxygen atoms in total. The number of nitrogens with zero attached hydrogens (tertiary/aromatic N) is 3. The number of likely N-dealkylation sites (tertiary alicyclic amines) is 1. The first-order valence-electron chi connectivity index (χ1n) is 7.23. The standard InChI is InChI=1S/C15H21N3O2/c1-11-14(12(2)20-17-11)9-13(10-16)15(19)18-7-5-3-4-6-8-18/h13H,3-9H2,1-2H3. The van der Waals surface area contributed by atoms with Crippen molar-refractivity contribution in [3.63, 3.8) is 0 Å². The van der Waals surface area contributed by atoms with Crippen LogP contribution < -0.4 is 0 Å². The van der Waals surface area contributed by atoms with Crippen molar-refractivity contribution in [3.8, 4) is 6.07 Å². The molecule has 0 saturated carbocycles. The second-order valence-electron chi connectivity index (χ2n) is 5.43. The van der Waals surface area contributed by atoms with E-state index >= 15 is 0 Å². The van der Waals surface area contributed by atoms with Gasteiger partial charge in [-0.15, -0.1) is 0 Å². The van der Waals surface area contributed by atoms with Crippen LogP contribution in [0.3, 0.4) is 0 Å². The third kappa shape index (κ3) is 3.19.